The van der Waals surface area contributed by atoms with E-state index in [0.29, 0.717) is 0 Å². The van der Waals surface area contributed by atoms with E-state index in [9.17, 15) is 4.79 Å². The van der Waals surface area contributed by atoms with Crippen molar-refractivity contribution in [3.05, 3.63) is 29.8 Å². The standard InChI is InChI=1S/C16H21NOS/c18-16(12-6-2-1-3-7-12)17-14-10-11-19-15-9-5-4-8-13(14)15/h4-5,8-9,12,14H,1-3,6-7,10-11H2,(H,17,18). The third kappa shape index (κ3) is 2.97. The normalized spacial score (nSPS) is 23.7. The summed E-state index contributed by atoms with van der Waals surface area (Å²) in [4.78, 5) is 13.7. The number of benzene rings is 1. The van der Waals surface area contributed by atoms with Crippen LogP contribution in [0.4, 0.5) is 0 Å². The van der Waals surface area contributed by atoms with Crippen LogP contribution in [0.5, 0.6) is 0 Å². The summed E-state index contributed by atoms with van der Waals surface area (Å²) >= 11 is 1.90. The molecule has 0 radical (unpaired) electrons. The molecule has 102 valence electrons. The number of hydrogen-bond acceptors (Lipinski definition) is 2. The summed E-state index contributed by atoms with van der Waals surface area (Å²) in [6.07, 6.45) is 6.95. The molecule has 1 N–H and O–H groups in total. The minimum atomic E-state index is 0.229. The second-order valence-electron chi connectivity index (χ2n) is 5.57. The van der Waals surface area contributed by atoms with Crippen LogP contribution in [0, 0.1) is 5.92 Å². The van der Waals surface area contributed by atoms with E-state index in [1.54, 1.807) is 0 Å². The van der Waals surface area contributed by atoms with E-state index in [1.807, 2.05) is 11.8 Å². The van der Waals surface area contributed by atoms with Gasteiger partial charge >= 0.3 is 0 Å². The lowest BCUT2D eigenvalue weighted by atomic mass is 9.88. The van der Waals surface area contributed by atoms with Gasteiger partial charge in [-0.3, -0.25) is 4.79 Å². The van der Waals surface area contributed by atoms with E-state index in [-0.39, 0.29) is 17.9 Å². The fraction of sp³-hybridized carbons (Fsp3) is 0.562. The molecule has 1 atom stereocenters. The molecule has 3 heteroatoms. The Kier molecular flexibility index (Phi) is 4.12. The van der Waals surface area contributed by atoms with Crippen LogP contribution < -0.4 is 5.32 Å². The first-order valence-corrected chi connectivity index (χ1v) is 8.35. The summed E-state index contributed by atoms with van der Waals surface area (Å²) in [7, 11) is 0. The third-order valence-electron chi connectivity index (χ3n) is 4.25. The van der Waals surface area contributed by atoms with Crippen LogP contribution in [0.25, 0.3) is 0 Å². The highest BCUT2D eigenvalue weighted by molar-refractivity contribution is 7.99. The summed E-state index contributed by atoms with van der Waals surface area (Å²) < 4.78 is 0. The number of thioether (sulfide) groups is 1. The summed E-state index contributed by atoms with van der Waals surface area (Å²) in [5.41, 5.74) is 1.31. The average Bonchev–Trinajstić information content (AvgIpc) is 2.48. The number of hydrogen-bond donors (Lipinski definition) is 1. The predicted molar refractivity (Wildman–Crippen MR) is 79.2 cm³/mol. The first kappa shape index (κ1) is 13.0. The van der Waals surface area contributed by atoms with Crippen LogP contribution in [0.3, 0.4) is 0 Å². The minimum absolute atomic E-state index is 0.229. The van der Waals surface area contributed by atoms with Gasteiger partial charge in [0.05, 0.1) is 6.04 Å². The maximum atomic E-state index is 12.4. The molecule has 3 rings (SSSR count). The first-order valence-electron chi connectivity index (χ1n) is 7.37. The van der Waals surface area contributed by atoms with Crippen molar-refractivity contribution in [2.24, 2.45) is 5.92 Å². The van der Waals surface area contributed by atoms with E-state index in [4.69, 9.17) is 0 Å². The zero-order chi connectivity index (χ0) is 13.1. The van der Waals surface area contributed by atoms with Crippen LogP contribution in [0.15, 0.2) is 29.2 Å². The lowest BCUT2D eigenvalue weighted by Gasteiger charge is -2.28. The van der Waals surface area contributed by atoms with Gasteiger partial charge in [0.15, 0.2) is 0 Å². The fourth-order valence-corrected chi connectivity index (χ4v) is 4.27. The van der Waals surface area contributed by atoms with Crippen molar-refractivity contribution >= 4 is 17.7 Å². The van der Waals surface area contributed by atoms with E-state index in [1.165, 1.54) is 29.7 Å². The Bertz CT molecular complexity index is 454. The molecule has 1 aromatic carbocycles. The highest BCUT2D eigenvalue weighted by Crippen LogP contribution is 2.36. The van der Waals surface area contributed by atoms with Gasteiger partial charge in [0.1, 0.15) is 0 Å². The Hall–Kier alpha value is -0.960. The molecule has 1 aliphatic carbocycles. The molecular formula is C16H21NOS. The SMILES string of the molecule is O=C(NC1CCSc2ccccc21)C1CCCCC1. The monoisotopic (exact) mass is 275 g/mol. The third-order valence-corrected chi connectivity index (χ3v) is 5.37. The predicted octanol–water partition coefficient (Wildman–Crippen LogP) is 3.92. The largest absolute Gasteiger partial charge is 0.349 e. The molecule has 2 nitrogen and oxygen atoms in total. The number of nitrogens with one attached hydrogen (secondary N) is 1. The lowest BCUT2D eigenvalue weighted by Crippen LogP contribution is -2.36. The van der Waals surface area contributed by atoms with E-state index in [2.05, 4.69) is 29.6 Å². The summed E-state index contributed by atoms with van der Waals surface area (Å²) in [6.45, 7) is 0. The van der Waals surface area contributed by atoms with Gasteiger partial charge in [0, 0.05) is 16.6 Å². The number of rotatable bonds is 2. The molecule has 0 saturated heterocycles. The van der Waals surface area contributed by atoms with E-state index < -0.39 is 0 Å². The van der Waals surface area contributed by atoms with Crippen LogP contribution in [-0.4, -0.2) is 11.7 Å². The molecule has 1 aromatic rings. The Morgan fingerprint density at radius 3 is 2.74 bits per heavy atom. The number of carbonyl (C=O) groups is 1. The van der Waals surface area contributed by atoms with Crippen molar-refractivity contribution in [2.75, 3.05) is 5.75 Å². The van der Waals surface area contributed by atoms with Crippen LogP contribution >= 0.6 is 11.8 Å². The molecule has 1 amide bonds. The Labute approximate surface area is 119 Å². The number of carbonyl (C=O) groups excluding carboxylic acids is 1. The van der Waals surface area contributed by atoms with Gasteiger partial charge < -0.3 is 5.32 Å². The summed E-state index contributed by atoms with van der Waals surface area (Å²) in [5.74, 6) is 1.65. The minimum Gasteiger partial charge on any atom is -0.349 e. The molecule has 0 spiro atoms. The van der Waals surface area contributed by atoms with Gasteiger partial charge in [-0.25, -0.2) is 0 Å². The van der Waals surface area contributed by atoms with Crippen LogP contribution in [-0.2, 0) is 4.79 Å². The molecule has 1 aliphatic heterocycles. The average molecular weight is 275 g/mol. The van der Waals surface area contributed by atoms with Gasteiger partial charge in [-0.2, -0.15) is 0 Å². The second-order valence-corrected chi connectivity index (χ2v) is 6.71. The molecular weight excluding hydrogens is 254 g/mol. The summed E-state index contributed by atoms with van der Waals surface area (Å²) in [6, 6.07) is 8.71. The number of amides is 1. The van der Waals surface area contributed by atoms with Crippen molar-refractivity contribution in [3.8, 4) is 0 Å². The Morgan fingerprint density at radius 2 is 1.89 bits per heavy atom. The van der Waals surface area contributed by atoms with Gasteiger partial charge in [0.2, 0.25) is 5.91 Å². The second kappa shape index (κ2) is 6.00. The smallest absolute Gasteiger partial charge is 0.223 e. The van der Waals surface area contributed by atoms with Crippen molar-refractivity contribution in [2.45, 2.75) is 49.5 Å². The molecule has 1 heterocycles. The molecule has 19 heavy (non-hydrogen) atoms. The quantitative estimate of drug-likeness (QED) is 0.886. The van der Waals surface area contributed by atoms with Crippen molar-refractivity contribution in [1.82, 2.24) is 5.32 Å². The van der Waals surface area contributed by atoms with Crippen LogP contribution in [0.1, 0.15) is 50.1 Å². The van der Waals surface area contributed by atoms with E-state index in [0.717, 1.165) is 25.0 Å². The Morgan fingerprint density at radius 1 is 1.11 bits per heavy atom. The van der Waals surface area contributed by atoms with Gasteiger partial charge in [-0.1, -0.05) is 37.5 Å². The topological polar surface area (TPSA) is 29.1 Å². The van der Waals surface area contributed by atoms with Gasteiger partial charge in [-0.15, -0.1) is 11.8 Å². The maximum absolute atomic E-state index is 12.4. The zero-order valence-corrected chi connectivity index (χ0v) is 12.0. The van der Waals surface area contributed by atoms with Crippen LogP contribution in [0.2, 0.25) is 0 Å². The molecule has 1 unspecified atom stereocenters. The fourth-order valence-electron chi connectivity index (χ4n) is 3.15. The molecule has 1 fully saturated rings. The van der Waals surface area contributed by atoms with E-state index >= 15 is 0 Å². The van der Waals surface area contributed by atoms with Crippen molar-refractivity contribution < 1.29 is 4.79 Å². The zero-order valence-electron chi connectivity index (χ0n) is 11.2. The van der Waals surface area contributed by atoms with Crippen molar-refractivity contribution in [3.63, 3.8) is 0 Å². The number of fused-ring (bicyclic) bond motifs is 1. The lowest BCUT2D eigenvalue weighted by molar-refractivity contribution is -0.126. The molecule has 0 bridgehead atoms. The highest BCUT2D eigenvalue weighted by atomic mass is 32.2. The Balaban J connectivity index is 1.68. The van der Waals surface area contributed by atoms with Crippen molar-refractivity contribution in [1.29, 1.82) is 0 Å². The highest BCUT2D eigenvalue weighted by Gasteiger charge is 2.26. The maximum Gasteiger partial charge on any atom is 0.223 e. The molecule has 0 aromatic heterocycles. The molecule has 2 aliphatic rings. The molecule has 1 saturated carbocycles. The van der Waals surface area contributed by atoms with Gasteiger partial charge in [0.25, 0.3) is 0 Å². The first-order chi connectivity index (χ1) is 9.34. The summed E-state index contributed by atoms with van der Waals surface area (Å²) in [5, 5.41) is 3.29. The van der Waals surface area contributed by atoms with Gasteiger partial charge in [-0.05, 0) is 30.9 Å².